The molecule has 0 aliphatic heterocycles. The maximum absolute atomic E-state index is 12.5. The molecule has 0 aromatic carbocycles. The topological polar surface area (TPSA) is 71.3 Å². The van der Waals surface area contributed by atoms with Crippen LogP contribution >= 0.6 is 0 Å². The molecule has 2 atom stereocenters. The van der Waals surface area contributed by atoms with E-state index in [9.17, 15) is 13.5 Å². The molecule has 0 radical (unpaired) electrons. The lowest BCUT2D eigenvalue weighted by molar-refractivity contribution is 0.226. The number of sulfonamides is 1. The van der Waals surface area contributed by atoms with Crippen molar-refractivity contribution in [1.82, 2.24) is 9.29 Å². The van der Waals surface area contributed by atoms with Crippen molar-refractivity contribution >= 4 is 10.0 Å². The highest BCUT2D eigenvalue weighted by molar-refractivity contribution is 7.89. The van der Waals surface area contributed by atoms with E-state index in [0.29, 0.717) is 17.5 Å². The predicted molar refractivity (Wildman–Crippen MR) is 82.2 cm³/mol. The molecule has 1 fully saturated rings. The first kappa shape index (κ1) is 16.5. The number of hydrogen-bond acceptors (Lipinski definition) is 3. The van der Waals surface area contributed by atoms with Gasteiger partial charge in [-0.1, -0.05) is 26.7 Å². The molecule has 120 valence electrons. The summed E-state index contributed by atoms with van der Waals surface area (Å²) in [6.45, 7) is 4.15. The minimum absolute atomic E-state index is 0.0153. The highest BCUT2D eigenvalue weighted by Crippen LogP contribution is 2.31. The minimum Gasteiger partial charge on any atom is -0.390 e. The molecule has 0 bridgehead atoms. The maximum atomic E-state index is 12.5. The van der Waals surface area contributed by atoms with Crippen LogP contribution in [0.25, 0.3) is 0 Å². The van der Waals surface area contributed by atoms with Crippen molar-refractivity contribution in [2.45, 2.75) is 57.1 Å². The van der Waals surface area contributed by atoms with Crippen LogP contribution in [0, 0.1) is 11.8 Å². The van der Waals surface area contributed by atoms with Crippen LogP contribution in [0.2, 0.25) is 0 Å². The van der Waals surface area contributed by atoms with Gasteiger partial charge in [0.25, 0.3) is 0 Å². The molecule has 2 unspecified atom stereocenters. The molecule has 1 aromatic rings. The lowest BCUT2D eigenvalue weighted by atomic mass is 9.78. The lowest BCUT2D eigenvalue weighted by Gasteiger charge is -2.34. The number of aryl methyl sites for hydroxylation is 1. The van der Waals surface area contributed by atoms with E-state index in [2.05, 4.69) is 18.6 Å². The lowest BCUT2D eigenvalue weighted by Crippen LogP contribution is -2.43. The minimum atomic E-state index is -3.52. The quantitative estimate of drug-likeness (QED) is 0.873. The van der Waals surface area contributed by atoms with Gasteiger partial charge in [-0.15, -0.1) is 0 Å². The van der Waals surface area contributed by atoms with E-state index in [0.717, 1.165) is 19.3 Å². The summed E-state index contributed by atoms with van der Waals surface area (Å²) in [5, 5.41) is 9.20. The van der Waals surface area contributed by atoms with E-state index in [1.54, 1.807) is 17.8 Å². The average Bonchev–Trinajstić information content (AvgIpc) is 2.81. The first-order valence-electron chi connectivity index (χ1n) is 7.63. The molecule has 1 heterocycles. The predicted octanol–water partition coefficient (Wildman–Crippen LogP) is 2.01. The van der Waals surface area contributed by atoms with Crippen LogP contribution in [0.1, 0.15) is 45.2 Å². The van der Waals surface area contributed by atoms with Gasteiger partial charge in [0.1, 0.15) is 0 Å². The molecule has 0 amide bonds. The Morgan fingerprint density at radius 3 is 2.62 bits per heavy atom. The molecule has 1 saturated carbocycles. The highest BCUT2D eigenvalue weighted by Gasteiger charge is 2.31. The van der Waals surface area contributed by atoms with Gasteiger partial charge in [0.2, 0.25) is 10.0 Å². The Balaban J connectivity index is 2.19. The SMILES string of the molecule is CC(C)C1CCCCC1NS(=O)(=O)c1cc(CO)n(C)c1. The molecule has 5 nitrogen and oxygen atoms in total. The van der Waals surface area contributed by atoms with Crippen LogP contribution in [-0.2, 0) is 23.7 Å². The molecule has 2 rings (SSSR count). The number of nitrogens with zero attached hydrogens (tertiary/aromatic N) is 1. The summed E-state index contributed by atoms with van der Waals surface area (Å²) in [7, 11) is -1.78. The fourth-order valence-electron chi connectivity index (χ4n) is 3.25. The number of aliphatic hydroxyl groups excluding tert-OH is 1. The molecule has 2 N–H and O–H groups in total. The standard InChI is InChI=1S/C15H26N2O3S/c1-11(2)14-6-4-5-7-15(14)16-21(19,20)13-8-12(10-18)17(3)9-13/h8-9,11,14-16,18H,4-7,10H2,1-3H3. The van der Waals surface area contributed by atoms with Crippen molar-refractivity contribution in [3.63, 3.8) is 0 Å². The van der Waals surface area contributed by atoms with E-state index in [4.69, 9.17) is 0 Å². The van der Waals surface area contributed by atoms with Gasteiger partial charge in [-0.05, 0) is 30.7 Å². The average molecular weight is 314 g/mol. The fourth-order valence-corrected chi connectivity index (χ4v) is 4.67. The third-order valence-corrected chi connectivity index (χ3v) is 5.99. The van der Waals surface area contributed by atoms with Gasteiger partial charge < -0.3 is 9.67 Å². The van der Waals surface area contributed by atoms with Crippen molar-refractivity contribution < 1.29 is 13.5 Å². The summed E-state index contributed by atoms with van der Waals surface area (Å²) in [4.78, 5) is 0.238. The van der Waals surface area contributed by atoms with Crippen molar-refractivity contribution in [2.24, 2.45) is 18.9 Å². The van der Waals surface area contributed by atoms with Crippen LogP contribution in [0.5, 0.6) is 0 Å². The molecule has 1 aromatic heterocycles. The van der Waals surface area contributed by atoms with E-state index >= 15 is 0 Å². The second kappa shape index (κ2) is 6.50. The van der Waals surface area contributed by atoms with Gasteiger partial charge in [0, 0.05) is 25.0 Å². The van der Waals surface area contributed by atoms with Crippen molar-refractivity contribution in [3.05, 3.63) is 18.0 Å². The van der Waals surface area contributed by atoms with Crippen molar-refractivity contribution in [2.75, 3.05) is 0 Å². The van der Waals surface area contributed by atoms with Crippen LogP contribution in [0.3, 0.4) is 0 Å². The number of hydrogen-bond donors (Lipinski definition) is 2. The third kappa shape index (κ3) is 3.67. The maximum Gasteiger partial charge on any atom is 0.242 e. The largest absolute Gasteiger partial charge is 0.390 e. The zero-order valence-corrected chi connectivity index (χ0v) is 13.9. The van der Waals surface area contributed by atoms with Crippen LogP contribution in [0.15, 0.2) is 17.2 Å². The van der Waals surface area contributed by atoms with Gasteiger partial charge in [0.05, 0.1) is 11.5 Å². The highest BCUT2D eigenvalue weighted by atomic mass is 32.2. The Kier molecular flexibility index (Phi) is 5.11. The third-order valence-electron chi connectivity index (χ3n) is 4.54. The summed E-state index contributed by atoms with van der Waals surface area (Å²) >= 11 is 0. The van der Waals surface area contributed by atoms with Crippen LogP contribution < -0.4 is 4.72 Å². The Hall–Kier alpha value is -0.850. The van der Waals surface area contributed by atoms with Crippen molar-refractivity contribution in [3.8, 4) is 0 Å². The Labute approximate surface area is 127 Å². The van der Waals surface area contributed by atoms with Crippen molar-refractivity contribution in [1.29, 1.82) is 0 Å². The number of aromatic nitrogens is 1. The monoisotopic (exact) mass is 314 g/mol. The van der Waals surface area contributed by atoms with Gasteiger partial charge >= 0.3 is 0 Å². The summed E-state index contributed by atoms with van der Waals surface area (Å²) in [5.41, 5.74) is 0.597. The zero-order valence-electron chi connectivity index (χ0n) is 13.0. The smallest absolute Gasteiger partial charge is 0.242 e. The first-order chi connectivity index (χ1) is 9.85. The molecule has 21 heavy (non-hydrogen) atoms. The molecule has 6 heteroatoms. The molecule has 1 aliphatic carbocycles. The summed E-state index contributed by atoms with van der Waals surface area (Å²) in [6.07, 6.45) is 5.80. The van der Waals surface area contributed by atoms with Gasteiger partial charge in [0.15, 0.2) is 0 Å². The number of aliphatic hydroxyl groups is 1. The summed E-state index contributed by atoms with van der Waals surface area (Å²) < 4.78 is 29.6. The normalized spacial score (nSPS) is 23.7. The number of nitrogens with one attached hydrogen (secondary N) is 1. The molecular formula is C15H26N2O3S. The second-order valence-electron chi connectivity index (χ2n) is 6.36. The summed E-state index contributed by atoms with van der Waals surface area (Å²) in [5.74, 6) is 0.872. The van der Waals surface area contributed by atoms with E-state index < -0.39 is 10.0 Å². The van der Waals surface area contributed by atoms with Gasteiger partial charge in [-0.25, -0.2) is 13.1 Å². The first-order valence-corrected chi connectivity index (χ1v) is 9.12. The Morgan fingerprint density at radius 1 is 1.38 bits per heavy atom. The van der Waals surface area contributed by atoms with Gasteiger partial charge in [-0.2, -0.15) is 0 Å². The molecule has 0 spiro atoms. The molecule has 0 saturated heterocycles. The van der Waals surface area contributed by atoms with Crippen LogP contribution in [-0.4, -0.2) is 24.1 Å². The zero-order chi connectivity index (χ0) is 15.6. The van der Waals surface area contributed by atoms with E-state index in [-0.39, 0.29) is 17.5 Å². The Morgan fingerprint density at radius 2 is 2.05 bits per heavy atom. The van der Waals surface area contributed by atoms with E-state index in [1.807, 2.05) is 0 Å². The Bertz CT molecular complexity index is 578. The van der Waals surface area contributed by atoms with Crippen LogP contribution in [0.4, 0.5) is 0 Å². The summed E-state index contributed by atoms with van der Waals surface area (Å²) in [6, 6.07) is 1.55. The van der Waals surface area contributed by atoms with Gasteiger partial charge in [-0.3, -0.25) is 0 Å². The number of rotatable bonds is 5. The molecule has 1 aliphatic rings. The van der Waals surface area contributed by atoms with E-state index in [1.165, 1.54) is 12.5 Å². The second-order valence-corrected chi connectivity index (χ2v) is 8.07. The molecular weight excluding hydrogens is 288 g/mol. The fraction of sp³-hybridized carbons (Fsp3) is 0.733.